The molecular weight excluding hydrogens is 234 g/mol. The number of sulfone groups is 1. The number of nitrogens with two attached hydrogens (primary N) is 1. The number of hydrogen-bond acceptors (Lipinski definition) is 6. The Morgan fingerprint density at radius 3 is 2.56 bits per heavy atom. The smallest absolute Gasteiger partial charge is 0.320 e. The lowest BCUT2D eigenvalue weighted by molar-refractivity contribution is -0.137. The number of methoxy groups -OCH3 is 1. The summed E-state index contributed by atoms with van der Waals surface area (Å²) in [5.41, 5.74) is 5.31. The van der Waals surface area contributed by atoms with Crippen molar-refractivity contribution in [2.24, 2.45) is 5.73 Å². The Morgan fingerprint density at radius 1 is 1.44 bits per heavy atom. The number of furan rings is 1. The van der Waals surface area contributed by atoms with Gasteiger partial charge in [-0.2, -0.15) is 0 Å². The fourth-order valence-electron chi connectivity index (χ4n) is 1.12. The fourth-order valence-corrected chi connectivity index (χ4v) is 2.28. The van der Waals surface area contributed by atoms with Crippen molar-refractivity contribution in [1.82, 2.24) is 0 Å². The van der Waals surface area contributed by atoms with E-state index in [2.05, 4.69) is 4.74 Å². The Kier molecular flexibility index (Phi) is 4.08. The summed E-state index contributed by atoms with van der Waals surface area (Å²) < 4.78 is 32.4. The molecule has 6 nitrogen and oxygen atoms in total. The van der Waals surface area contributed by atoms with Crippen molar-refractivity contribution in [1.29, 1.82) is 0 Å². The lowest BCUT2D eigenvalue weighted by atomic mass is 10.4. The largest absolute Gasteiger partial charge is 0.468 e. The van der Waals surface area contributed by atoms with Crippen molar-refractivity contribution in [2.45, 2.75) is 12.3 Å². The highest BCUT2D eigenvalue weighted by molar-refractivity contribution is 7.91. The zero-order valence-corrected chi connectivity index (χ0v) is 9.62. The lowest BCUT2D eigenvalue weighted by Crippen LogP contribution is -2.18. The molecule has 7 heteroatoms. The van der Waals surface area contributed by atoms with Gasteiger partial charge in [-0.25, -0.2) is 8.42 Å². The van der Waals surface area contributed by atoms with Gasteiger partial charge in [-0.3, -0.25) is 4.79 Å². The van der Waals surface area contributed by atoms with E-state index in [4.69, 9.17) is 10.2 Å². The summed E-state index contributed by atoms with van der Waals surface area (Å²) in [6.07, 6.45) is 0. The van der Waals surface area contributed by atoms with Gasteiger partial charge < -0.3 is 14.9 Å². The molecule has 0 atom stereocenters. The van der Waals surface area contributed by atoms with Gasteiger partial charge in [0.25, 0.3) is 0 Å². The molecule has 0 unspecified atom stereocenters. The Morgan fingerprint density at radius 2 is 2.06 bits per heavy atom. The topological polar surface area (TPSA) is 99.6 Å². The molecule has 90 valence electrons. The summed E-state index contributed by atoms with van der Waals surface area (Å²) in [4.78, 5) is 10.8. The number of carbonyl (C=O) groups excluding carboxylic acids is 1. The van der Waals surface area contributed by atoms with Crippen molar-refractivity contribution in [3.8, 4) is 0 Å². The highest BCUT2D eigenvalue weighted by Gasteiger charge is 2.19. The molecule has 0 amide bonds. The van der Waals surface area contributed by atoms with Crippen LogP contribution < -0.4 is 5.73 Å². The standard InChI is InChI=1S/C9H13NO5S/c1-14-9(11)6-16(12,13)5-8-3-2-7(4-10)15-8/h2-3H,4-6,10H2,1H3. The number of carbonyl (C=O) groups is 1. The first kappa shape index (κ1) is 12.7. The van der Waals surface area contributed by atoms with Crippen LogP contribution in [0, 0.1) is 0 Å². The Bertz CT molecular complexity index is 462. The molecule has 16 heavy (non-hydrogen) atoms. The van der Waals surface area contributed by atoms with Gasteiger partial charge in [0.2, 0.25) is 0 Å². The molecule has 1 heterocycles. The summed E-state index contributed by atoms with van der Waals surface area (Å²) in [6.45, 7) is 0.205. The van der Waals surface area contributed by atoms with Crippen LogP contribution in [-0.2, 0) is 31.7 Å². The van der Waals surface area contributed by atoms with Gasteiger partial charge in [0.1, 0.15) is 23.0 Å². The van der Waals surface area contributed by atoms with E-state index in [-0.39, 0.29) is 18.1 Å². The number of rotatable bonds is 5. The molecule has 1 rings (SSSR count). The van der Waals surface area contributed by atoms with E-state index < -0.39 is 21.6 Å². The molecule has 0 fully saturated rings. The van der Waals surface area contributed by atoms with Crippen LogP contribution in [0.5, 0.6) is 0 Å². The van der Waals surface area contributed by atoms with Crippen molar-refractivity contribution in [3.63, 3.8) is 0 Å². The third-order valence-electron chi connectivity index (χ3n) is 1.85. The predicted octanol–water partition coefficient (Wildman–Crippen LogP) is -0.174. The van der Waals surface area contributed by atoms with E-state index in [9.17, 15) is 13.2 Å². The number of hydrogen-bond donors (Lipinski definition) is 1. The molecule has 0 aliphatic heterocycles. The summed E-state index contributed by atoms with van der Waals surface area (Å²) in [5.74, 6) is -0.997. The van der Waals surface area contributed by atoms with Crippen molar-refractivity contribution < 1.29 is 22.4 Å². The highest BCUT2D eigenvalue weighted by Crippen LogP contribution is 2.11. The van der Waals surface area contributed by atoms with Gasteiger partial charge >= 0.3 is 5.97 Å². The van der Waals surface area contributed by atoms with Crippen molar-refractivity contribution >= 4 is 15.8 Å². The molecule has 1 aromatic heterocycles. The van der Waals surface area contributed by atoms with Crippen LogP contribution in [0.25, 0.3) is 0 Å². The maximum atomic E-state index is 11.5. The van der Waals surface area contributed by atoms with E-state index in [1.807, 2.05) is 0 Å². The van der Waals surface area contributed by atoms with Gasteiger partial charge in [-0.05, 0) is 12.1 Å². The molecule has 2 N–H and O–H groups in total. The molecule has 0 aliphatic carbocycles. The van der Waals surface area contributed by atoms with Crippen LogP contribution in [0.2, 0.25) is 0 Å². The Labute approximate surface area is 93.3 Å². The fraction of sp³-hybridized carbons (Fsp3) is 0.444. The van der Waals surface area contributed by atoms with Gasteiger partial charge in [-0.15, -0.1) is 0 Å². The zero-order valence-electron chi connectivity index (χ0n) is 8.80. The number of esters is 1. The Hall–Kier alpha value is -1.34. The van der Waals surface area contributed by atoms with Gasteiger partial charge in [-0.1, -0.05) is 0 Å². The maximum Gasteiger partial charge on any atom is 0.320 e. The van der Waals surface area contributed by atoms with Gasteiger partial charge in [0.15, 0.2) is 9.84 Å². The van der Waals surface area contributed by atoms with Crippen LogP contribution >= 0.6 is 0 Å². The molecule has 0 saturated heterocycles. The summed E-state index contributed by atoms with van der Waals surface area (Å²) in [6, 6.07) is 3.13. The molecule has 0 saturated carbocycles. The first-order valence-electron chi connectivity index (χ1n) is 4.52. The molecule has 0 aromatic carbocycles. The molecule has 0 aliphatic rings. The minimum absolute atomic E-state index is 0.205. The van der Waals surface area contributed by atoms with Crippen LogP contribution in [0.15, 0.2) is 16.5 Å². The highest BCUT2D eigenvalue weighted by atomic mass is 32.2. The van der Waals surface area contributed by atoms with E-state index in [0.717, 1.165) is 7.11 Å². The van der Waals surface area contributed by atoms with Gasteiger partial charge in [0.05, 0.1) is 13.7 Å². The first-order chi connectivity index (χ1) is 7.46. The first-order valence-corrected chi connectivity index (χ1v) is 6.34. The minimum atomic E-state index is -3.55. The average Bonchev–Trinajstić information content (AvgIpc) is 2.63. The second-order valence-corrected chi connectivity index (χ2v) is 5.25. The van der Waals surface area contributed by atoms with Crippen LogP contribution in [0.4, 0.5) is 0 Å². The second kappa shape index (κ2) is 5.13. The quantitative estimate of drug-likeness (QED) is 0.725. The molecule has 1 aromatic rings. The average molecular weight is 247 g/mol. The van der Waals surface area contributed by atoms with Crippen molar-refractivity contribution in [3.05, 3.63) is 23.7 Å². The van der Waals surface area contributed by atoms with Crippen LogP contribution in [0.3, 0.4) is 0 Å². The van der Waals surface area contributed by atoms with E-state index in [0.29, 0.717) is 5.76 Å². The van der Waals surface area contributed by atoms with E-state index in [1.54, 1.807) is 6.07 Å². The normalized spacial score (nSPS) is 11.4. The summed E-state index contributed by atoms with van der Waals surface area (Å²) in [7, 11) is -2.41. The van der Waals surface area contributed by atoms with Gasteiger partial charge in [0, 0.05) is 0 Å². The third kappa shape index (κ3) is 3.67. The molecular formula is C9H13NO5S. The third-order valence-corrected chi connectivity index (χ3v) is 3.25. The summed E-state index contributed by atoms with van der Waals surface area (Å²) >= 11 is 0. The van der Waals surface area contributed by atoms with Crippen LogP contribution in [-0.4, -0.2) is 27.2 Å². The maximum absolute atomic E-state index is 11.5. The second-order valence-electron chi connectivity index (χ2n) is 3.18. The monoisotopic (exact) mass is 247 g/mol. The molecule has 0 bridgehead atoms. The van der Waals surface area contributed by atoms with E-state index in [1.165, 1.54) is 6.07 Å². The Balaban J connectivity index is 2.69. The molecule has 0 radical (unpaired) electrons. The van der Waals surface area contributed by atoms with Crippen molar-refractivity contribution in [2.75, 3.05) is 12.9 Å². The number of ether oxygens (including phenoxy) is 1. The van der Waals surface area contributed by atoms with Crippen LogP contribution in [0.1, 0.15) is 11.5 Å². The summed E-state index contributed by atoms with van der Waals surface area (Å²) in [5, 5.41) is 0. The minimum Gasteiger partial charge on any atom is -0.468 e. The predicted molar refractivity (Wildman–Crippen MR) is 56.1 cm³/mol. The zero-order chi connectivity index (χ0) is 12.2. The lowest BCUT2D eigenvalue weighted by Gasteiger charge is -2.00. The SMILES string of the molecule is COC(=O)CS(=O)(=O)Cc1ccc(CN)o1. The van der Waals surface area contributed by atoms with E-state index >= 15 is 0 Å². The molecule has 0 spiro atoms.